The first-order valence-corrected chi connectivity index (χ1v) is 20.0. The van der Waals surface area contributed by atoms with Gasteiger partial charge >= 0.3 is 12.1 Å². The summed E-state index contributed by atoms with van der Waals surface area (Å²) in [7, 11) is 0. The van der Waals surface area contributed by atoms with E-state index in [-0.39, 0.29) is 24.5 Å². The smallest absolute Gasteiger partial charge is 0.416 e. The third-order valence-corrected chi connectivity index (χ3v) is 7.86. The van der Waals surface area contributed by atoms with Crippen LogP contribution in [0.2, 0.25) is 0 Å². The predicted molar refractivity (Wildman–Crippen MR) is 209 cm³/mol. The summed E-state index contributed by atoms with van der Waals surface area (Å²) in [5, 5.41) is 2.86. The molecular formula is C40H61ClF3NO12. The molecule has 0 radical (unpaired) electrons. The van der Waals surface area contributed by atoms with E-state index in [4.69, 9.17) is 63.7 Å². The number of hydrogen-bond acceptors (Lipinski definition) is 13. The van der Waals surface area contributed by atoms with E-state index in [1.165, 1.54) is 18.2 Å². The van der Waals surface area contributed by atoms with Crippen molar-refractivity contribution >= 4 is 28.9 Å². The van der Waals surface area contributed by atoms with Crippen molar-refractivity contribution in [3.05, 3.63) is 59.7 Å². The average Bonchev–Trinajstić information content (AvgIpc) is 3.20. The number of carbonyl (C=O) groups excluding carboxylic acids is 1. The molecule has 0 fully saturated rings. The number of carbonyl (C=O) groups is 1. The molecule has 0 aliphatic heterocycles. The molecular weight excluding hydrogens is 779 g/mol. The highest BCUT2D eigenvalue weighted by Gasteiger charge is 2.30. The van der Waals surface area contributed by atoms with E-state index in [2.05, 4.69) is 5.32 Å². The first kappa shape index (κ1) is 50.5. The lowest BCUT2D eigenvalue weighted by molar-refractivity contribution is -0.137. The molecule has 0 saturated heterocycles. The summed E-state index contributed by atoms with van der Waals surface area (Å²) in [6, 6.07) is 11.1. The summed E-state index contributed by atoms with van der Waals surface area (Å²) < 4.78 is 99.2. The predicted octanol–water partition coefficient (Wildman–Crippen LogP) is 6.57. The highest BCUT2D eigenvalue weighted by atomic mass is 35.5. The molecule has 17 heteroatoms. The Hall–Kier alpha value is -2.61. The van der Waals surface area contributed by atoms with Crippen molar-refractivity contribution < 1.29 is 70.1 Å². The van der Waals surface area contributed by atoms with Crippen LogP contribution in [0.15, 0.2) is 48.5 Å². The number of para-hydroxylation sites is 1. The fraction of sp³-hybridized carbons (Fsp3) is 0.675. The Labute approximate surface area is 339 Å². The number of halogens is 4. The number of rotatable bonds is 39. The zero-order valence-electron chi connectivity index (χ0n) is 32.9. The summed E-state index contributed by atoms with van der Waals surface area (Å²) >= 11 is 5.65. The Morgan fingerprint density at radius 1 is 0.491 bits per heavy atom. The van der Waals surface area contributed by atoms with Crippen LogP contribution in [0.5, 0.6) is 0 Å². The number of hydrogen-bond donors (Lipinski definition) is 1. The van der Waals surface area contributed by atoms with Crippen LogP contribution in [0.4, 0.5) is 24.5 Å². The summed E-state index contributed by atoms with van der Waals surface area (Å²) in [6.07, 6.45) is -0.0402. The normalized spacial score (nSPS) is 11.6. The van der Waals surface area contributed by atoms with Gasteiger partial charge in [-0.15, -0.1) is 11.6 Å². The average molecular weight is 840 g/mol. The van der Waals surface area contributed by atoms with E-state index in [1.54, 1.807) is 18.2 Å². The van der Waals surface area contributed by atoms with E-state index in [0.717, 1.165) is 50.3 Å². The summed E-state index contributed by atoms with van der Waals surface area (Å²) in [4.78, 5) is 12.6. The quantitative estimate of drug-likeness (QED) is 0.0443. The molecule has 0 bridgehead atoms. The first-order chi connectivity index (χ1) is 27.9. The van der Waals surface area contributed by atoms with Gasteiger partial charge in [0.05, 0.1) is 142 Å². The van der Waals surface area contributed by atoms with Crippen molar-refractivity contribution in [3.8, 4) is 0 Å². The van der Waals surface area contributed by atoms with Gasteiger partial charge in [0.2, 0.25) is 0 Å². The van der Waals surface area contributed by atoms with Gasteiger partial charge in [0, 0.05) is 18.2 Å². The van der Waals surface area contributed by atoms with Crippen molar-refractivity contribution in [1.82, 2.24) is 0 Å². The molecule has 1 N–H and O–H groups in total. The van der Waals surface area contributed by atoms with Crippen LogP contribution in [0.1, 0.15) is 41.6 Å². The monoisotopic (exact) mass is 839 g/mol. The zero-order valence-corrected chi connectivity index (χ0v) is 33.7. The topological polar surface area (TPSA) is 131 Å². The van der Waals surface area contributed by atoms with Gasteiger partial charge < -0.3 is 57.4 Å². The molecule has 57 heavy (non-hydrogen) atoms. The largest absolute Gasteiger partial charge is 0.460 e. The van der Waals surface area contributed by atoms with Crippen LogP contribution in [-0.2, 0) is 58.3 Å². The molecule has 326 valence electrons. The van der Waals surface area contributed by atoms with Gasteiger partial charge in [-0.2, -0.15) is 13.2 Å². The van der Waals surface area contributed by atoms with Crippen LogP contribution in [0, 0.1) is 0 Å². The third kappa shape index (κ3) is 28.5. The first-order valence-electron chi connectivity index (χ1n) is 19.5. The molecule has 0 unspecified atom stereocenters. The van der Waals surface area contributed by atoms with Crippen molar-refractivity contribution in [3.63, 3.8) is 0 Å². The van der Waals surface area contributed by atoms with Gasteiger partial charge in [0.25, 0.3) is 0 Å². The van der Waals surface area contributed by atoms with Gasteiger partial charge in [-0.25, -0.2) is 4.79 Å². The second-order valence-electron chi connectivity index (χ2n) is 12.1. The highest BCUT2D eigenvalue weighted by Crippen LogP contribution is 2.32. The van der Waals surface area contributed by atoms with Gasteiger partial charge in [-0.3, -0.25) is 0 Å². The van der Waals surface area contributed by atoms with Crippen molar-refractivity contribution in [2.24, 2.45) is 0 Å². The zero-order chi connectivity index (χ0) is 40.9. The van der Waals surface area contributed by atoms with Crippen molar-refractivity contribution in [1.29, 1.82) is 0 Å². The number of unbranched alkanes of at least 4 members (excludes halogenated alkanes) is 3. The number of esters is 1. The molecule has 0 heterocycles. The van der Waals surface area contributed by atoms with Crippen molar-refractivity contribution in [2.45, 2.75) is 31.9 Å². The number of alkyl halides is 4. The van der Waals surface area contributed by atoms with Crippen LogP contribution < -0.4 is 5.32 Å². The van der Waals surface area contributed by atoms with Gasteiger partial charge in [-0.1, -0.05) is 31.0 Å². The van der Waals surface area contributed by atoms with Gasteiger partial charge in [0.15, 0.2) is 0 Å². The fourth-order valence-electron chi connectivity index (χ4n) is 4.70. The Morgan fingerprint density at radius 2 is 0.895 bits per heavy atom. The maximum atomic E-state index is 13.1. The van der Waals surface area contributed by atoms with E-state index >= 15 is 0 Å². The van der Waals surface area contributed by atoms with Crippen molar-refractivity contribution in [2.75, 3.05) is 150 Å². The standard InChI is InChI=1S/C40H61ClF3NO12/c41-12-5-1-2-6-13-47-14-15-48-16-17-49-18-19-50-20-21-51-22-23-52-24-25-53-26-27-54-28-29-55-30-31-56-32-33-57-39(46)37-10-3-4-11-38(37)45-36-9-7-8-35(34-36)40(42,43)44/h3-4,7-11,34,45H,1-2,5-6,12-33H2. The lowest BCUT2D eigenvalue weighted by atomic mass is 10.1. The highest BCUT2D eigenvalue weighted by molar-refractivity contribution is 6.17. The minimum atomic E-state index is -4.48. The molecule has 2 rings (SSSR count). The molecule has 0 aromatic heterocycles. The van der Waals surface area contributed by atoms with Crippen LogP contribution in [0.3, 0.4) is 0 Å². The second kappa shape index (κ2) is 35.3. The van der Waals surface area contributed by atoms with E-state index in [9.17, 15) is 18.0 Å². The van der Waals surface area contributed by atoms with Crippen LogP contribution in [-0.4, -0.2) is 151 Å². The number of ether oxygens (including phenoxy) is 11. The summed E-state index contributed by atoms with van der Waals surface area (Å²) in [6.45, 7) is 9.26. The Bertz CT molecular complexity index is 1250. The molecule has 0 atom stereocenters. The molecule has 13 nitrogen and oxygen atoms in total. The number of benzene rings is 2. The SMILES string of the molecule is O=C(OCCOCCOCCOCCOCCOCCOCCOCCOCCOCCOCCCCCCCl)c1ccccc1Nc1cccc(C(F)(F)F)c1. The second-order valence-corrected chi connectivity index (χ2v) is 12.5. The summed E-state index contributed by atoms with van der Waals surface area (Å²) in [5.41, 5.74) is -0.0914. The molecule has 0 spiro atoms. The van der Waals surface area contributed by atoms with E-state index in [1.807, 2.05) is 0 Å². The Morgan fingerprint density at radius 3 is 1.33 bits per heavy atom. The lowest BCUT2D eigenvalue weighted by Crippen LogP contribution is -2.16. The number of nitrogens with one attached hydrogen (secondary N) is 1. The minimum Gasteiger partial charge on any atom is -0.460 e. The number of anilines is 2. The van der Waals surface area contributed by atoms with E-state index in [0.29, 0.717) is 125 Å². The Balaban J connectivity index is 1.26. The molecule has 0 aliphatic rings. The molecule has 0 saturated carbocycles. The molecule has 0 aliphatic carbocycles. The molecule has 2 aromatic rings. The lowest BCUT2D eigenvalue weighted by Gasteiger charge is -2.13. The minimum absolute atomic E-state index is 0.00233. The van der Waals surface area contributed by atoms with E-state index < -0.39 is 17.7 Å². The van der Waals surface area contributed by atoms with Gasteiger partial charge in [-0.05, 0) is 43.2 Å². The maximum Gasteiger partial charge on any atom is 0.416 e. The summed E-state index contributed by atoms with van der Waals surface area (Å²) in [5.74, 6) is 0.101. The van der Waals surface area contributed by atoms with Gasteiger partial charge in [0.1, 0.15) is 6.61 Å². The molecule has 2 aromatic carbocycles. The van der Waals surface area contributed by atoms with Crippen LogP contribution >= 0.6 is 11.6 Å². The fourth-order valence-corrected chi connectivity index (χ4v) is 4.89. The Kier molecular flexibility index (Phi) is 31.3. The van der Waals surface area contributed by atoms with Crippen LogP contribution in [0.25, 0.3) is 0 Å². The maximum absolute atomic E-state index is 13.1. The third-order valence-electron chi connectivity index (χ3n) is 7.60. The molecule has 0 amide bonds.